The molecule has 0 aliphatic carbocycles. The third-order valence-corrected chi connectivity index (χ3v) is 5.80. The molecular weight excluding hydrogens is 446 g/mol. The van der Waals surface area contributed by atoms with Crippen LogP contribution in [0.4, 0.5) is 0 Å². The molecule has 5 rings (SSSR count). The lowest BCUT2D eigenvalue weighted by Gasteiger charge is -2.11. The third-order valence-electron chi connectivity index (χ3n) is 5.80. The lowest BCUT2D eigenvalue weighted by atomic mass is 10.1. The number of ether oxygens (including phenoxy) is 1. The van der Waals surface area contributed by atoms with Crippen molar-refractivity contribution in [2.24, 2.45) is 0 Å². The van der Waals surface area contributed by atoms with Crippen molar-refractivity contribution in [3.05, 3.63) is 81.4 Å². The van der Waals surface area contributed by atoms with Gasteiger partial charge < -0.3 is 9.15 Å². The topological polar surface area (TPSA) is 105 Å². The van der Waals surface area contributed by atoms with Gasteiger partial charge in [0.15, 0.2) is 5.65 Å². The molecule has 0 spiro atoms. The summed E-state index contributed by atoms with van der Waals surface area (Å²) in [6.07, 6.45) is 3.35. The van der Waals surface area contributed by atoms with Gasteiger partial charge in [-0.25, -0.2) is 19.4 Å². The standard InChI is InChI=1S/C26H25N5O4/c1-14(2)31-25-21(11-27-31)20(10-22(29-25)19-8-16(4)35-17(19)5)26(33)34-13-18-9-24(32)30-12-15(3)6-7-23(30)28-18/h6-12,14H,13H2,1-5H3. The summed E-state index contributed by atoms with van der Waals surface area (Å²) in [6.45, 7) is 9.48. The first-order valence-corrected chi connectivity index (χ1v) is 11.3. The highest BCUT2D eigenvalue weighted by Gasteiger charge is 2.21. The van der Waals surface area contributed by atoms with Crippen LogP contribution in [0.3, 0.4) is 0 Å². The van der Waals surface area contributed by atoms with E-state index in [0.717, 1.165) is 16.9 Å². The number of hydrogen-bond donors (Lipinski definition) is 0. The number of rotatable bonds is 5. The molecule has 0 amide bonds. The Bertz CT molecular complexity index is 1660. The first-order chi connectivity index (χ1) is 16.7. The number of fused-ring (bicyclic) bond motifs is 2. The minimum Gasteiger partial charge on any atom is -0.466 e. The van der Waals surface area contributed by atoms with Crippen molar-refractivity contribution in [1.29, 1.82) is 0 Å². The van der Waals surface area contributed by atoms with Gasteiger partial charge in [-0.15, -0.1) is 0 Å². The number of esters is 1. The van der Waals surface area contributed by atoms with Crippen LogP contribution in [0.15, 0.2) is 51.9 Å². The molecule has 0 atom stereocenters. The average Bonchev–Trinajstić information content (AvgIpc) is 3.39. The van der Waals surface area contributed by atoms with E-state index in [9.17, 15) is 9.59 Å². The molecule has 0 bridgehead atoms. The maximum Gasteiger partial charge on any atom is 0.339 e. The largest absolute Gasteiger partial charge is 0.466 e. The Kier molecular flexibility index (Phi) is 5.47. The van der Waals surface area contributed by atoms with E-state index in [4.69, 9.17) is 14.1 Å². The molecule has 0 aliphatic heterocycles. The molecule has 0 saturated carbocycles. The number of carbonyl (C=O) groups is 1. The van der Waals surface area contributed by atoms with Crippen LogP contribution in [0.25, 0.3) is 27.9 Å². The number of aromatic nitrogens is 5. The number of carbonyl (C=O) groups excluding carboxylic acids is 1. The number of aryl methyl sites for hydroxylation is 3. The maximum absolute atomic E-state index is 13.3. The Hall–Kier alpha value is -4.27. The van der Waals surface area contributed by atoms with E-state index in [1.807, 2.05) is 46.8 Å². The molecule has 5 aromatic heterocycles. The minimum atomic E-state index is -0.550. The van der Waals surface area contributed by atoms with Crippen molar-refractivity contribution >= 4 is 22.6 Å². The summed E-state index contributed by atoms with van der Waals surface area (Å²) in [5.74, 6) is 0.913. The van der Waals surface area contributed by atoms with Gasteiger partial charge in [0.2, 0.25) is 0 Å². The Morgan fingerprint density at radius 1 is 1.11 bits per heavy atom. The quantitative estimate of drug-likeness (QED) is 0.346. The van der Waals surface area contributed by atoms with Gasteiger partial charge in [-0.2, -0.15) is 5.10 Å². The van der Waals surface area contributed by atoms with E-state index in [1.165, 1.54) is 10.5 Å². The molecule has 0 fully saturated rings. The van der Waals surface area contributed by atoms with Gasteiger partial charge in [-0.3, -0.25) is 9.20 Å². The normalized spacial score (nSPS) is 11.6. The molecule has 178 valence electrons. The zero-order valence-corrected chi connectivity index (χ0v) is 20.2. The molecule has 0 aliphatic rings. The van der Waals surface area contributed by atoms with Crippen LogP contribution < -0.4 is 5.56 Å². The van der Waals surface area contributed by atoms with Gasteiger partial charge >= 0.3 is 5.97 Å². The Balaban J connectivity index is 1.53. The summed E-state index contributed by atoms with van der Waals surface area (Å²) >= 11 is 0. The van der Waals surface area contributed by atoms with Crippen molar-refractivity contribution < 1.29 is 13.9 Å². The van der Waals surface area contributed by atoms with Crippen LogP contribution in [0, 0.1) is 20.8 Å². The molecule has 35 heavy (non-hydrogen) atoms. The number of furan rings is 1. The summed E-state index contributed by atoms with van der Waals surface area (Å²) in [7, 11) is 0. The van der Waals surface area contributed by atoms with E-state index < -0.39 is 5.97 Å². The van der Waals surface area contributed by atoms with Gasteiger partial charge in [0.1, 0.15) is 23.8 Å². The molecule has 9 nitrogen and oxygen atoms in total. The molecule has 5 aromatic rings. The third kappa shape index (κ3) is 4.09. The van der Waals surface area contributed by atoms with E-state index in [1.54, 1.807) is 29.2 Å². The van der Waals surface area contributed by atoms with E-state index in [-0.39, 0.29) is 18.2 Å². The highest BCUT2D eigenvalue weighted by Crippen LogP contribution is 2.30. The summed E-state index contributed by atoms with van der Waals surface area (Å²) in [4.78, 5) is 35.0. The second-order valence-electron chi connectivity index (χ2n) is 8.90. The van der Waals surface area contributed by atoms with Crippen LogP contribution in [0.5, 0.6) is 0 Å². The zero-order chi connectivity index (χ0) is 24.9. The molecule has 9 heteroatoms. The first kappa shape index (κ1) is 22.5. The van der Waals surface area contributed by atoms with Crippen LogP contribution in [-0.2, 0) is 11.3 Å². The van der Waals surface area contributed by atoms with Crippen LogP contribution in [-0.4, -0.2) is 30.1 Å². The number of hydrogen-bond acceptors (Lipinski definition) is 7. The fourth-order valence-electron chi connectivity index (χ4n) is 4.14. The van der Waals surface area contributed by atoms with E-state index in [2.05, 4.69) is 10.1 Å². The monoisotopic (exact) mass is 471 g/mol. The zero-order valence-electron chi connectivity index (χ0n) is 20.2. The van der Waals surface area contributed by atoms with Gasteiger partial charge in [-0.05, 0) is 58.4 Å². The molecule has 0 unspecified atom stereocenters. The highest BCUT2D eigenvalue weighted by molar-refractivity contribution is 6.03. The van der Waals surface area contributed by atoms with Gasteiger partial charge in [0.25, 0.3) is 5.56 Å². The summed E-state index contributed by atoms with van der Waals surface area (Å²) in [6, 6.07) is 8.64. The van der Waals surface area contributed by atoms with Gasteiger partial charge in [0.05, 0.1) is 28.5 Å². The van der Waals surface area contributed by atoms with Crippen LogP contribution in [0.2, 0.25) is 0 Å². The van der Waals surface area contributed by atoms with Crippen molar-refractivity contribution in [3.63, 3.8) is 0 Å². The van der Waals surface area contributed by atoms with Crippen molar-refractivity contribution in [2.75, 3.05) is 0 Å². The molecule has 0 radical (unpaired) electrons. The predicted molar refractivity (Wildman–Crippen MR) is 130 cm³/mol. The average molecular weight is 472 g/mol. The van der Waals surface area contributed by atoms with Gasteiger partial charge in [-0.1, -0.05) is 6.07 Å². The smallest absolute Gasteiger partial charge is 0.339 e. The van der Waals surface area contributed by atoms with Crippen molar-refractivity contribution in [1.82, 2.24) is 24.1 Å². The second kappa shape index (κ2) is 8.50. The molecule has 0 aromatic carbocycles. The van der Waals surface area contributed by atoms with E-state index >= 15 is 0 Å². The minimum absolute atomic E-state index is 0.0460. The molecular formula is C26H25N5O4. The SMILES string of the molecule is Cc1ccc2nc(COC(=O)c3cc(-c4cc(C)oc4C)nc4c3cnn4C(C)C)cc(=O)n2c1. The Morgan fingerprint density at radius 2 is 1.91 bits per heavy atom. The number of pyridine rings is 2. The lowest BCUT2D eigenvalue weighted by molar-refractivity contribution is 0.0470. The maximum atomic E-state index is 13.3. The Morgan fingerprint density at radius 3 is 2.63 bits per heavy atom. The fourth-order valence-corrected chi connectivity index (χ4v) is 4.14. The molecule has 0 N–H and O–H groups in total. The highest BCUT2D eigenvalue weighted by atomic mass is 16.5. The summed E-state index contributed by atoms with van der Waals surface area (Å²) in [5, 5.41) is 5.03. The van der Waals surface area contributed by atoms with Crippen molar-refractivity contribution in [3.8, 4) is 11.3 Å². The summed E-state index contributed by atoms with van der Waals surface area (Å²) < 4.78 is 14.5. The second-order valence-corrected chi connectivity index (χ2v) is 8.90. The Labute approximate surface area is 201 Å². The predicted octanol–water partition coefficient (Wildman–Crippen LogP) is 4.56. The van der Waals surface area contributed by atoms with Gasteiger partial charge in [0, 0.05) is 23.9 Å². The first-order valence-electron chi connectivity index (χ1n) is 11.3. The fraction of sp³-hybridized carbons (Fsp3) is 0.269. The summed E-state index contributed by atoms with van der Waals surface area (Å²) in [5.41, 5.74) is 3.89. The molecule has 0 saturated heterocycles. The van der Waals surface area contributed by atoms with Crippen molar-refractivity contribution in [2.45, 2.75) is 47.3 Å². The van der Waals surface area contributed by atoms with E-state index in [0.29, 0.717) is 39.4 Å². The molecule has 5 heterocycles. The lowest BCUT2D eigenvalue weighted by Crippen LogP contribution is -2.17. The van der Waals surface area contributed by atoms with Crippen LogP contribution in [0.1, 0.15) is 53.0 Å². The number of nitrogens with zero attached hydrogens (tertiary/aromatic N) is 5. The van der Waals surface area contributed by atoms with Crippen LogP contribution >= 0.6 is 0 Å².